The highest BCUT2D eigenvalue weighted by molar-refractivity contribution is 5.98. The molecule has 0 aliphatic heterocycles. The number of nitrogens with zero attached hydrogens (tertiary/aromatic N) is 8. The minimum Gasteiger partial charge on any atom is -0.496 e. The van der Waals surface area contributed by atoms with E-state index < -0.39 is 29.3 Å². The summed E-state index contributed by atoms with van der Waals surface area (Å²) >= 11 is 0. The number of hydrogen-bond donors (Lipinski definition) is 3. The number of hydrogen-bond acceptors (Lipinski definition) is 13. The van der Waals surface area contributed by atoms with Crippen LogP contribution in [0.2, 0.25) is 0 Å². The summed E-state index contributed by atoms with van der Waals surface area (Å²) in [6.45, 7) is 10.5. The SMILES string of the molecule is CCn1cc(CC(=O)N(C)C)c2c(OC)c(CCC(=O)O)cc(F)c21.CCn1cc(CC(=O)N(C)C)c2c(OC)c(CCC(=O)OC)cc(F)c21.CCn1cc(CC(=O)N(C)C)c2c(OC)c(CCC(N)=O)cc(F)c21.CCn1cc(CC(=O)N(C)C)c2c(OC)c(CCCN)cc(F)c21. The van der Waals surface area contributed by atoms with Crippen LogP contribution in [0.15, 0.2) is 49.1 Å². The zero-order valence-electron chi connectivity index (χ0n) is 60.7. The topological polar surface area (TPSA) is 271 Å². The van der Waals surface area contributed by atoms with Crippen LogP contribution in [0, 0.1) is 23.3 Å². The minimum absolute atomic E-state index is 0.0278. The third-order valence-electron chi connectivity index (χ3n) is 17.1. The lowest BCUT2D eigenvalue weighted by Crippen LogP contribution is -2.23. The summed E-state index contributed by atoms with van der Waals surface area (Å²) in [6, 6.07) is 5.63. The van der Waals surface area contributed by atoms with Gasteiger partial charge in [0.2, 0.25) is 29.5 Å². The van der Waals surface area contributed by atoms with E-state index in [0.29, 0.717) is 146 Å². The molecule has 0 aliphatic carbocycles. The Hall–Kier alpha value is -9.79. The van der Waals surface area contributed by atoms with Gasteiger partial charge in [-0.05, 0) is 135 Å². The van der Waals surface area contributed by atoms with Gasteiger partial charge in [-0.3, -0.25) is 33.6 Å². The number of esters is 1. The van der Waals surface area contributed by atoms with Gasteiger partial charge in [0.05, 0.1) is 83.3 Å². The summed E-state index contributed by atoms with van der Waals surface area (Å²) in [6.07, 6.45) is 10.0. The number of carboxylic acids is 1. The number of rotatable bonds is 28. The fraction of sp³-hybridized carbons (Fsp3) is 0.466. The molecular weight excluding hydrogens is 1300 g/mol. The molecule has 0 saturated carbocycles. The van der Waals surface area contributed by atoms with E-state index in [1.165, 1.54) is 72.3 Å². The Morgan fingerprint density at radius 3 is 0.870 bits per heavy atom. The van der Waals surface area contributed by atoms with Crippen LogP contribution < -0.4 is 30.4 Å². The Kier molecular flexibility index (Phi) is 29.8. The number of primary amides is 1. The second-order valence-corrected chi connectivity index (χ2v) is 24.5. The van der Waals surface area contributed by atoms with Crippen LogP contribution in [-0.2, 0) is 116 Å². The fourth-order valence-electron chi connectivity index (χ4n) is 11.9. The quantitative estimate of drug-likeness (QED) is 0.0305. The smallest absolute Gasteiger partial charge is 0.305 e. The van der Waals surface area contributed by atoms with Gasteiger partial charge in [-0.2, -0.15) is 0 Å². The number of aryl methyl sites for hydroxylation is 8. The molecule has 4 heterocycles. The number of carboxylic acid groups (broad SMARTS) is 1. The van der Waals surface area contributed by atoms with Crippen molar-refractivity contribution in [3.63, 3.8) is 0 Å². The van der Waals surface area contributed by atoms with E-state index in [0.717, 1.165) is 17.5 Å². The maximum Gasteiger partial charge on any atom is 0.305 e. The van der Waals surface area contributed by atoms with Crippen molar-refractivity contribution in [1.82, 2.24) is 37.9 Å². The highest BCUT2D eigenvalue weighted by Gasteiger charge is 2.28. The molecule has 0 unspecified atom stereocenters. The van der Waals surface area contributed by atoms with Gasteiger partial charge in [0.15, 0.2) is 0 Å². The van der Waals surface area contributed by atoms with Crippen molar-refractivity contribution in [2.75, 3.05) is 98.5 Å². The number of carbonyl (C=O) groups excluding carboxylic acids is 6. The second kappa shape index (κ2) is 36.9. The van der Waals surface area contributed by atoms with Crippen LogP contribution in [0.25, 0.3) is 43.6 Å². The van der Waals surface area contributed by atoms with Crippen LogP contribution in [0.5, 0.6) is 23.0 Å². The summed E-state index contributed by atoms with van der Waals surface area (Å²) in [5.41, 5.74) is 17.8. The first-order chi connectivity index (χ1) is 47.4. The van der Waals surface area contributed by atoms with E-state index in [-0.39, 0.29) is 93.2 Å². The van der Waals surface area contributed by atoms with Gasteiger partial charge in [0.1, 0.15) is 46.3 Å². The van der Waals surface area contributed by atoms with Crippen molar-refractivity contribution >= 4 is 85.1 Å². The number of ether oxygens (including phenoxy) is 5. The molecule has 4 aromatic heterocycles. The monoisotopic (exact) mass is 1400 g/mol. The van der Waals surface area contributed by atoms with E-state index in [1.54, 1.807) is 95.8 Å². The van der Waals surface area contributed by atoms with Crippen molar-refractivity contribution in [1.29, 1.82) is 0 Å². The third-order valence-corrected chi connectivity index (χ3v) is 17.1. The lowest BCUT2D eigenvalue weighted by molar-refractivity contribution is -0.140. The summed E-state index contributed by atoms with van der Waals surface area (Å²) < 4.78 is 93.0. The van der Waals surface area contributed by atoms with Gasteiger partial charge in [-0.1, -0.05) is 0 Å². The molecule has 8 aromatic rings. The van der Waals surface area contributed by atoms with E-state index in [9.17, 15) is 51.1 Å². The van der Waals surface area contributed by atoms with Crippen LogP contribution in [0.1, 0.15) is 97.9 Å². The number of halogens is 4. The van der Waals surface area contributed by atoms with Crippen molar-refractivity contribution in [2.24, 2.45) is 11.5 Å². The molecule has 0 saturated heterocycles. The van der Waals surface area contributed by atoms with Crippen molar-refractivity contribution < 1.29 is 79.9 Å². The Morgan fingerprint density at radius 2 is 0.660 bits per heavy atom. The zero-order chi connectivity index (χ0) is 74.7. The summed E-state index contributed by atoms with van der Waals surface area (Å²) in [5.74, 6) is -1.55. The van der Waals surface area contributed by atoms with Crippen molar-refractivity contribution in [3.8, 4) is 23.0 Å². The standard InChI is InChI=1S/C19H25FN2O4.C18H24FN3O3.C18H26FN3O2.C18H23FN2O4/c1-6-22-11-13(10-15(23)21(2)3)17-18(22)14(20)9-12(19(17)26-5)7-8-16(24)25-4;1-5-22-10-12(9-15(24)21(2)3)16-17(22)13(19)8-11(18(16)25-4)6-7-14(20)23;1-5-22-11-13(10-15(23)21(2)3)16-17(22)14(19)9-12(7-6-8-20)18(16)24-4;1-5-21-10-12(9-14(22)20(2)3)16-17(21)13(19)8-11(18(16)25-4)6-7-15(23)24/h9,11H,6-8,10H2,1-5H3;8,10H,5-7,9H2,1-4H3,(H2,20,23);9,11H,5-8,10,20H2,1-4H3;8,10H,5-7,9H2,1-4H3,(H,23,24). The third kappa shape index (κ3) is 19.1. The molecule has 0 atom stereocenters. The number of aromatic nitrogens is 4. The zero-order valence-corrected chi connectivity index (χ0v) is 60.7. The molecule has 0 aliphatic rings. The Balaban J connectivity index is 0.000000240. The largest absolute Gasteiger partial charge is 0.496 e. The van der Waals surface area contributed by atoms with Crippen molar-refractivity contribution in [3.05, 3.63) is 117 Å². The van der Waals surface area contributed by atoms with E-state index in [4.69, 9.17) is 35.5 Å². The number of nitrogens with two attached hydrogens (primary N) is 2. The summed E-state index contributed by atoms with van der Waals surface area (Å²) in [4.78, 5) is 88.1. The van der Waals surface area contributed by atoms with Gasteiger partial charge in [-0.25, -0.2) is 17.6 Å². The number of likely N-dealkylation sites (N-methyl/N-ethyl adjacent to an activating group) is 4. The first kappa shape index (κ1) is 80.9. The molecule has 0 spiro atoms. The minimum atomic E-state index is -0.961. The second-order valence-electron chi connectivity index (χ2n) is 24.5. The van der Waals surface area contributed by atoms with Crippen LogP contribution in [0.3, 0.4) is 0 Å². The molecule has 23 nitrogen and oxygen atoms in total. The average molecular weight is 1400 g/mol. The molecule has 5 amide bonds. The van der Waals surface area contributed by atoms with Gasteiger partial charge in [0, 0.05) is 148 Å². The lowest BCUT2D eigenvalue weighted by Gasteiger charge is -2.14. The molecule has 4 aromatic carbocycles. The Morgan fingerprint density at radius 1 is 0.410 bits per heavy atom. The van der Waals surface area contributed by atoms with Crippen LogP contribution in [-0.4, -0.2) is 183 Å². The van der Waals surface area contributed by atoms with E-state index in [1.807, 2.05) is 38.5 Å². The van der Waals surface area contributed by atoms with Gasteiger partial charge >= 0.3 is 11.9 Å². The Bertz CT molecular complexity index is 4120. The van der Waals surface area contributed by atoms with E-state index >= 15 is 0 Å². The molecular formula is C73H98F4N10O13. The predicted molar refractivity (Wildman–Crippen MR) is 377 cm³/mol. The number of methoxy groups -OCH3 is 5. The molecule has 8 rings (SSSR count). The molecule has 0 radical (unpaired) electrons. The number of carbonyl (C=O) groups is 7. The molecule has 100 heavy (non-hydrogen) atoms. The summed E-state index contributed by atoms with van der Waals surface area (Å²) in [5, 5.41) is 11.3. The van der Waals surface area contributed by atoms with Crippen LogP contribution in [0.4, 0.5) is 17.6 Å². The van der Waals surface area contributed by atoms with Crippen molar-refractivity contribution in [2.45, 2.75) is 131 Å². The highest BCUT2D eigenvalue weighted by Crippen LogP contribution is 2.41. The predicted octanol–water partition coefficient (Wildman–Crippen LogP) is 9.19. The average Bonchev–Trinajstić information content (AvgIpc) is 1.62. The van der Waals surface area contributed by atoms with Gasteiger partial charge in [-0.15, -0.1) is 0 Å². The maximum absolute atomic E-state index is 14.8. The van der Waals surface area contributed by atoms with Gasteiger partial charge in [0.25, 0.3) is 0 Å². The molecule has 5 N–H and O–H groups in total. The fourth-order valence-corrected chi connectivity index (χ4v) is 11.9. The van der Waals surface area contributed by atoms with E-state index in [2.05, 4.69) is 4.74 Å². The van der Waals surface area contributed by atoms with Gasteiger partial charge < -0.3 is 78.1 Å². The molecule has 27 heteroatoms. The normalized spacial score (nSPS) is 10.9. The first-order valence-electron chi connectivity index (χ1n) is 32.9. The molecule has 0 fully saturated rings. The lowest BCUT2D eigenvalue weighted by atomic mass is 10.0. The van der Waals surface area contributed by atoms with Crippen LogP contribution >= 0.6 is 0 Å². The highest BCUT2D eigenvalue weighted by atomic mass is 19.1. The molecule has 546 valence electrons. The number of fused-ring (bicyclic) bond motifs is 4. The Labute approximate surface area is 581 Å². The number of amides is 5. The number of aliphatic carboxylic acids is 1. The maximum atomic E-state index is 14.8. The summed E-state index contributed by atoms with van der Waals surface area (Å²) in [7, 11) is 20.9. The first-order valence-corrected chi connectivity index (χ1v) is 32.9. The molecule has 0 bridgehead atoms. The number of benzene rings is 4.